The molecule has 31 heavy (non-hydrogen) atoms. The molecular weight excluding hydrogens is 386 g/mol. The highest BCUT2D eigenvalue weighted by Gasteiger charge is 2.43. The van der Waals surface area contributed by atoms with Gasteiger partial charge in [0.15, 0.2) is 0 Å². The summed E-state index contributed by atoms with van der Waals surface area (Å²) >= 11 is 0. The third-order valence-corrected chi connectivity index (χ3v) is 6.49. The van der Waals surface area contributed by atoms with Gasteiger partial charge >= 0.3 is 0 Å². The Morgan fingerprint density at radius 2 is 1.68 bits per heavy atom. The van der Waals surface area contributed by atoms with Gasteiger partial charge in [0, 0.05) is 25.6 Å². The second-order valence-corrected chi connectivity index (χ2v) is 8.94. The van der Waals surface area contributed by atoms with E-state index in [9.17, 15) is 5.11 Å². The number of morpholine rings is 1. The van der Waals surface area contributed by atoms with Gasteiger partial charge in [-0.3, -0.25) is 4.90 Å². The maximum atomic E-state index is 12.2. The van der Waals surface area contributed by atoms with Gasteiger partial charge in [0.05, 0.1) is 25.4 Å². The fraction of sp³-hybridized carbons (Fsp3) is 0.556. The van der Waals surface area contributed by atoms with Gasteiger partial charge in [0.2, 0.25) is 0 Å². The molecule has 1 fully saturated rings. The van der Waals surface area contributed by atoms with Crippen LogP contribution in [-0.2, 0) is 10.3 Å². The van der Waals surface area contributed by atoms with E-state index >= 15 is 0 Å². The van der Waals surface area contributed by atoms with Crippen molar-refractivity contribution in [3.05, 3.63) is 65.7 Å². The molecule has 0 saturated carbocycles. The highest BCUT2D eigenvalue weighted by Crippen LogP contribution is 2.43. The lowest BCUT2D eigenvalue weighted by Gasteiger charge is -2.43. The Kier molecular flexibility index (Phi) is 8.94. The lowest BCUT2D eigenvalue weighted by molar-refractivity contribution is -0.0547. The zero-order valence-electron chi connectivity index (χ0n) is 19.4. The topological polar surface area (TPSA) is 41.9 Å². The van der Waals surface area contributed by atoms with Crippen LogP contribution in [0.5, 0.6) is 5.75 Å². The van der Waals surface area contributed by atoms with E-state index in [1.54, 1.807) is 0 Å². The van der Waals surface area contributed by atoms with Crippen LogP contribution in [0.3, 0.4) is 0 Å². The van der Waals surface area contributed by atoms with Crippen LogP contribution in [0.2, 0.25) is 0 Å². The Morgan fingerprint density at radius 3 is 2.29 bits per heavy atom. The van der Waals surface area contributed by atoms with Crippen LogP contribution in [0.4, 0.5) is 0 Å². The minimum atomic E-state index is -0.986. The van der Waals surface area contributed by atoms with Crippen molar-refractivity contribution in [3.8, 4) is 5.75 Å². The molecule has 0 aliphatic carbocycles. The second-order valence-electron chi connectivity index (χ2n) is 8.94. The maximum absolute atomic E-state index is 12.2. The van der Waals surface area contributed by atoms with Crippen molar-refractivity contribution in [1.29, 1.82) is 0 Å². The van der Waals surface area contributed by atoms with E-state index in [4.69, 9.17) is 9.47 Å². The van der Waals surface area contributed by atoms with Crippen molar-refractivity contribution in [2.45, 2.75) is 51.6 Å². The van der Waals surface area contributed by atoms with Crippen molar-refractivity contribution in [1.82, 2.24) is 4.90 Å². The Labute approximate surface area is 188 Å². The molecule has 1 aliphatic heterocycles. The summed E-state index contributed by atoms with van der Waals surface area (Å²) in [5, 5.41) is 12.2. The number of aliphatic hydroxyl groups is 1. The fourth-order valence-corrected chi connectivity index (χ4v) is 4.52. The van der Waals surface area contributed by atoms with E-state index in [1.165, 1.54) is 18.4 Å². The zero-order chi connectivity index (χ0) is 22.1. The summed E-state index contributed by atoms with van der Waals surface area (Å²) in [6, 6.07) is 18.6. The first-order valence-corrected chi connectivity index (χ1v) is 11.9. The largest absolute Gasteiger partial charge is 0.494 e. The van der Waals surface area contributed by atoms with Crippen molar-refractivity contribution in [2.75, 3.05) is 39.5 Å². The second kappa shape index (κ2) is 11.7. The summed E-state index contributed by atoms with van der Waals surface area (Å²) in [4.78, 5) is 2.42. The molecule has 0 radical (unpaired) electrons. The molecule has 4 nitrogen and oxygen atoms in total. The molecule has 2 aromatic rings. The van der Waals surface area contributed by atoms with E-state index < -0.39 is 5.60 Å². The number of ether oxygens (including phenoxy) is 2. The van der Waals surface area contributed by atoms with E-state index in [0.717, 1.165) is 57.2 Å². The van der Waals surface area contributed by atoms with Crippen LogP contribution >= 0.6 is 0 Å². The van der Waals surface area contributed by atoms with Crippen molar-refractivity contribution in [3.63, 3.8) is 0 Å². The van der Waals surface area contributed by atoms with Crippen molar-refractivity contribution in [2.24, 2.45) is 5.92 Å². The zero-order valence-corrected chi connectivity index (χ0v) is 19.4. The summed E-state index contributed by atoms with van der Waals surface area (Å²) < 4.78 is 11.4. The number of unbranched alkanes of at least 4 members (excludes halogenated alkanes) is 2. The third kappa shape index (κ3) is 6.09. The summed E-state index contributed by atoms with van der Waals surface area (Å²) in [6.07, 6.45) is 3.45. The van der Waals surface area contributed by atoms with Crippen molar-refractivity contribution >= 4 is 0 Å². The Morgan fingerprint density at radius 1 is 1.00 bits per heavy atom. The van der Waals surface area contributed by atoms with Gasteiger partial charge in [-0.2, -0.15) is 0 Å². The van der Waals surface area contributed by atoms with Gasteiger partial charge in [-0.05, 0) is 35.6 Å². The van der Waals surface area contributed by atoms with Gasteiger partial charge in [0.1, 0.15) is 5.75 Å². The lowest BCUT2D eigenvalue weighted by Crippen LogP contribution is -2.47. The quantitative estimate of drug-likeness (QED) is 0.502. The van der Waals surface area contributed by atoms with E-state index in [1.807, 2.05) is 30.3 Å². The molecule has 1 aliphatic rings. The molecule has 0 bridgehead atoms. The van der Waals surface area contributed by atoms with Crippen LogP contribution in [-0.4, -0.2) is 49.5 Å². The molecule has 1 N–H and O–H groups in total. The Bertz CT molecular complexity index is 756. The van der Waals surface area contributed by atoms with Crippen molar-refractivity contribution < 1.29 is 14.6 Å². The molecule has 2 atom stereocenters. The van der Waals surface area contributed by atoms with Gasteiger partial charge in [-0.1, -0.05) is 76.1 Å². The monoisotopic (exact) mass is 425 g/mol. The van der Waals surface area contributed by atoms with E-state index in [-0.39, 0.29) is 11.8 Å². The van der Waals surface area contributed by atoms with Crippen LogP contribution in [0.25, 0.3) is 0 Å². The lowest BCUT2D eigenvalue weighted by atomic mass is 9.70. The molecule has 0 spiro atoms. The Balaban J connectivity index is 1.87. The van der Waals surface area contributed by atoms with E-state index in [2.05, 4.69) is 49.9 Å². The van der Waals surface area contributed by atoms with Gasteiger partial charge in [-0.15, -0.1) is 0 Å². The molecule has 1 heterocycles. The first-order valence-electron chi connectivity index (χ1n) is 11.9. The third-order valence-electron chi connectivity index (χ3n) is 6.49. The summed E-state index contributed by atoms with van der Waals surface area (Å²) in [7, 11) is 0. The first kappa shape index (κ1) is 23.8. The smallest absolute Gasteiger partial charge is 0.119 e. The van der Waals surface area contributed by atoms with Crippen LogP contribution in [0.15, 0.2) is 54.6 Å². The first-order chi connectivity index (χ1) is 15.1. The van der Waals surface area contributed by atoms with Crippen LogP contribution in [0.1, 0.15) is 57.1 Å². The van der Waals surface area contributed by atoms with Gasteiger partial charge in [-0.25, -0.2) is 0 Å². The average Bonchev–Trinajstić information content (AvgIpc) is 2.81. The normalized spacial score (nSPS) is 18.0. The predicted molar refractivity (Wildman–Crippen MR) is 127 cm³/mol. The molecule has 1 saturated heterocycles. The highest BCUT2D eigenvalue weighted by molar-refractivity contribution is 5.36. The molecule has 2 aromatic carbocycles. The summed E-state index contributed by atoms with van der Waals surface area (Å²) in [5.74, 6) is 0.883. The number of hydrogen-bond donors (Lipinski definition) is 1. The molecule has 2 unspecified atom stereocenters. The Hall–Kier alpha value is -1.88. The average molecular weight is 426 g/mol. The number of hydrogen-bond acceptors (Lipinski definition) is 4. The molecule has 0 aromatic heterocycles. The number of benzene rings is 2. The van der Waals surface area contributed by atoms with E-state index in [0.29, 0.717) is 0 Å². The number of nitrogens with zero attached hydrogens (tertiary/aromatic N) is 1. The molecular formula is C27H39NO3. The standard InChI is InChI=1S/C27H39NO3/c1-4-5-9-18-31-25-14-12-24(13-15-25)27(29,22(2)3)26(23-10-7-6-8-11-23)21-28-16-19-30-20-17-28/h6-8,10-15,22,26,29H,4-5,9,16-21H2,1-3H3. The highest BCUT2D eigenvalue weighted by atomic mass is 16.5. The van der Waals surface area contributed by atoms with Crippen LogP contribution in [0, 0.1) is 5.92 Å². The molecule has 4 heteroatoms. The SMILES string of the molecule is CCCCCOc1ccc(C(O)(C(C)C)C(CN2CCOCC2)c2ccccc2)cc1. The summed E-state index contributed by atoms with van der Waals surface area (Å²) in [5.41, 5.74) is 1.14. The molecule has 3 rings (SSSR count). The minimum Gasteiger partial charge on any atom is -0.494 e. The number of rotatable bonds is 11. The van der Waals surface area contributed by atoms with Crippen LogP contribution < -0.4 is 4.74 Å². The molecule has 170 valence electrons. The van der Waals surface area contributed by atoms with Gasteiger partial charge in [0.25, 0.3) is 0 Å². The van der Waals surface area contributed by atoms with Gasteiger partial charge < -0.3 is 14.6 Å². The summed E-state index contributed by atoms with van der Waals surface area (Å²) in [6.45, 7) is 11.3. The maximum Gasteiger partial charge on any atom is 0.119 e. The predicted octanol–water partition coefficient (Wildman–Crippen LogP) is 5.22. The molecule has 0 amide bonds. The fourth-order valence-electron chi connectivity index (χ4n) is 4.52. The minimum absolute atomic E-state index is 0.0388.